The van der Waals surface area contributed by atoms with Crippen molar-refractivity contribution in [3.05, 3.63) is 64.1 Å². The van der Waals surface area contributed by atoms with Crippen LogP contribution in [0.1, 0.15) is 31.9 Å². The molecule has 138 valence electrons. The fourth-order valence-electron chi connectivity index (χ4n) is 3.23. The Morgan fingerprint density at radius 1 is 1.15 bits per heavy atom. The lowest BCUT2D eigenvalue weighted by atomic mass is 9.86. The van der Waals surface area contributed by atoms with Gasteiger partial charge in [0.05, 0.1) is 19.3 Å². The van der Waals surface area contributed by atoms with Gasteiger partial charge in [0, 0.05) is 11.0 Å². The Morgan fingerprint density at radius 3 is 2.46 bits per heavy atom. The molecular weight excluding hydrogens is 394 g/mol. The van der Waals surface area contributed by atoms with Crippen LogP contribution >= 0.6 is 15.9 Å². The molecule has 1 saturated heterocycles. The Kier molecular flexibility index (Phi) is 5.13. The molecule has 0 N–H and O–H groups in total. The maximum absolute atomic E-state index is 13.2. The van der Waals surface area contributed by atoms with Crippen LogP contribution in [-0.2, 0) is 21.6 Å². The molecule has 0 spiro atoms. The van der Waals surface area contributed by atoms with Gasteiger partial charge in [0.25, 0.3) is 5.91 Å². The molecule has 1 heterocycles. The van der Waals surface area contributed by atoms with Crippen molar-refractivity contribution in [1.82, 2.24) is 4.90 Å². The highest BCUT2D eigenvalue weighted by Gasteiger charge is 2.49. The van der Waals surface area contributed by atoms with Gasteiger partial charge in [-0.05, 0) is 56.2 Å². The second kappa shape index (κ2) is 7.05. The third-order valence-corrected chi connectivity index (χ3v) is 5.51. The lowest BCUT2D eigenvalue weighted by Gasteiger charge is -2.50. The number of methoxy groups -OCH3 is 1. The van der Waals surface area contributed by atoms with Crippen LogP contribution < -0.4 is 4.74 Å². The number of hydrogen-bond donors (Lipinski definition) is 0. The maximum Gasteiger partial charge on any atom is 0.255 e. The number of hydrogen-bond acceptors (Lipinski definition) is 3. The molecule has 26 heavy (non-hydrogen) atoms. The van der Waals surface area contributed by atoms with E-state index in [1.807, 2.05) is 61.2 Å². The van der Waals surface area contributed by atoms with Crippen LogP contribution in [0, 0.1) is 0 Å². The molecule has 0 saturated carbocycles. The second-order valence-electron chi connectivity index (χ2n) is 7.32. The van der Waals surface area contributed by atoms with Gasteiger partial charge < -0.3 is 14.4 Å². The molecule has 2 aromatic carbocycles. The molecule has 0 aliphatic carbocycles. The minimum atomic E-state index is -0.835. The van der Waals surface area contributed by atoms with Crippen molar-refractivity contribution in [2.75, 3.05) is 13.7 Å². The van der Waals surface area contributed by atoms with E-state index >= 15 is 0 Å². The predicted octanol–water partition coefficient (Wildman–Crippen LogP) is 4.51. The molecule has 1 atom stereocenters. The van der Waals surface area contributed by atoms with Crippen molar-refractivity contribution in [3.63, 3.8) is 0 Å². The van der Waals surface area contributed by atoms with Crippen LogP contribution in [0.25, 0.3) is 0 Å². The first-order valence-electron chi connectivity index (χ1n) is 8.61. The third-order valence-electron chi connectivity index (χ3n) is 5.02. The highest BCUT2D eigenvalue weighted by molar-refractivity contribution is 9.10. The van der Waals surface area contributed by atoms with E-state index in [1.165, 1.54) is 0 Å². The number of nitrogens with zero attached hydrogens (tertiary/aromatic N) is 1. The number of carbonyl (C=O) groups excluding carboxylic acids is 1. The number of morpholine rings is 1. The number of amides is 1. The Labute approximate surface area is 163 Å². The van der Waals surface area contributed by atoms with Crippen LogP contribution in [0.15, 0.2) is 53.0 Å². The van der Waals surface area contributed by atoms with Gasteiger partial charge in [-0.2, -0.15) is 0 Å². The van der Waals surface area contributed by atoms with Crippen molar-refractivity contribution in [2.24, 2.45) is 0 Å². The normalized spacial score (nSPS) is 22.3. The summed E-state index contributed by atoms with van der Waals surface area (Å²) in [5, 5.41) is 0. The molecule has 0 unspecified atom stereocenters. The Hall–Kier alpha value is -1.85. The van der Waals surface area contributed by atoms with Crippen LogP contribution in [0.3, 0.4) is 0 Å². The highest BCUT2D eigenvalue weighted by atomic mass is 79.9. The predicted molar refractivity (Wildman–Crippen MR) is 105 cm³/mol. The van der Waals surface area contributed by atoms with Crippen LogP contribution in [0.4, 0.5) is 0 Å². The van der Waals surface area contributed by atoms with Gasteiger partial charge in [-0.3, -0.25) is 4.79 Å². The van der Waals surface area contributed by atoms with Gasteiger partial charge in [-0.1, -0.05) is 40.2 Å². The minimum absolute atomic E-state index is 0.0120. The summed E-state index contributed by atoms with van der Waals surface area (Å²) in [7, 11) is 1.65. The molecule has 3 rings (SSSR count). The van der Waals surface area contributed by atoms with Gasteiger partial charge in [0.2, 0.25) is 0 Å². The van der Waals surface area contributed by atoms with Crippen molar-refractivity contribution in [2.45, 2.75) is 38.5 Å². The fourth-order valence-corrected chi connectivity index (χ4v) is 3.63. The standard InChI is InChI=1S/C21H24BrNO3/c1-20(2)19(24)23(13-15-8-10-18(25-4)11-9-15)21(3,14-26-20)16-6-5-7-17(22)12-16/h5-12H,13-14H2,1-4H3/t21-/m0/s1. The van der Waals surface area contributed by atoms with E-state index in [1.54, 1.807) is 7.11 Å². The smallest absolute Gasteiger partial charge is 0.255 e. The molecule has 0 aromatic heterocycles. The molecule has 5 heteroatoms. The zero-order valence-corrected chi connectivity index (χ0v) is 17.2. The minimum Gasteiger partial charge on any atom is -0.497 e. The molecule has 1 amide bonds. The van der Waals surface area contributed by atoms with Crippen molar-refractivity contribution < 1.29 is 14.3 Å². The van der Waals surface area contributed by atoms with Crippen LogP contribution in [0.2, 0.25) is 0 Å². The first-order valence-corrected chi connectivity index (χ1v) is 9.40. The first kappa shape index (κ1) is 18.9. The van der Waals surface area contributed by atoms with Crippen molar-refractivity contribution in [3.8, 4) is 5.75 Å². The van der Waals surface area contributed by atoms with E-state index in [9.17, 15) is 4.79 Å². The second-order valence-corrected chi connectivity index (χ2v) is 8.24. The van der Waals surface area contributed by atoms with E-state index < -0.39 is 11.1 Å². The molecule has 1 aliphatic rings. The molecular formula is C21H24BrNO3. The average Bonchev–Trinajstić information content (AvgIpc) is 2.63. The summed E-state index contributed by atoms with van der Waals surface area (Å²) in [6, 6.07) is 15.9. The number of benzene rings is 2. The summed E-state index contributed by atoms with van der Waals surface area (Å²) in [6.07, 6.45) is 0. The van der Waals surface area contributed by atoms with Crippen LogP contribution in [-0.4, -0.2) is 30.1 Å². The molecule has 0 radical (unpaired) electrons. The van der Waals surface area contributed by atoms with E-state index in [0.717, 1.165) is 21.3 Å². The molecule has 2 aromatic rings. The van der Waals surface area contributed by atoms with Gasteiger partial charge in [-0.25, -0.2) is 0 Å². The summed E-state index contributed by atoms with van der Waals surface area (Å²) < 4.78 is 12.2. The quantitative estimate of drug-likeness (QED) is 0.734. The van der Waals surface area contributed by atoms with Gasteiger partial charge in [0.1, 0.15) is 11.4 Å². The summed E-state index contributed by atoms with van der Waals surface area (Å²) in [5.41, 5.74) is 0.719. The van der Waals surface area contributed by atoms with Gasteiger partial charge in [0.15, 0.2) is 0 Å². The Bertz CT molecular complexity index is 803. The summed E-state index contributed by atoms with van der Waals surface area (Å²) in [4.78, 5) is 15.1. The summed E-state index contributed by atoms with van der Waals surface area (Å²) in [5.74, 6) is 0.791. The molecule has 4 nitrogen and oxygen atoms in total. The van der Waals surface area contributed by atoms with E-state index in [2.05, 4.69) is 28.9 Å². The Morgan fingerprint density at radius 2 is 1.85 bits per heavy atom. The number of rotatable bonds is 4. The van der Waals surface area contributed by atoms with E-state index in [-0.39, 0.29) is 5.91 Å². The number of ether oxygens (including phenoxy) is 2. The lowest BCUT2D eigenvalue weighted by molar-refractivity contribution is -0.188. The van der Waals surface area contributed by atoms with Crippen molar-refractivity contribution in [1.29, 1.82) is 0 Å². The third kappa shape index (κ3) is 3.51. The first-order chi connectivity index (χ1) is 12.3. The zero-order valence-electron chi connectivity index (χ0n) is 15.6. The highest BCUT2D eigenvalue weighted by Crippen LogP contribution is 2.38. The van der Waals surface area contributed by atoms with Gasteiger partial charge in [-0.15, -0.1) is 0 Å². The maximum atomic E-state index is 13.2. The van der Waals surface area contributed by atoms with E-state index in [4.69, 9.17) is 9.47 Å². The van der Waals surface area contributed by atoms with Crippen molar-refractivity contribution >= 4 is 21.8 Å². The van der Waals surface area contributed by atoms with Crippen LogP contribution in [0.5, 0.6) is 5.75 Å². The lowest BCUT2D eigenvalue weighted by Crippen LogP contribution is -2.62. The summed E-state index contributed by atoms with van der Waals surface area (Å²) >= 11 is 3.53. The number of carbonyl (C=O) groups is 1. The SMILES string of the molecule is COc1ccc(CN2C(=O)C(C)(C)OC[C@@]2(C)c2cccc(Br)c2)cc1. The average molecular weight is 418 g/mol. The Balaban J connectivity index is 2.00. The summed E-state index contributed by atoms with van der Waals surface area (Å²) in [6.45, 7) is 6.68. The monoisotopic (exact) mass is 417 g/mol. The fraction of sp³-hybridized carbons (Fsp3) is 0.381. The zero-order chi connectivity index (χ0) is 18.9. The molecule has 1 aliphatic heterocycles. The van der Waals surface area contributed by atoms with Gasteiger partial charge >= 0.3 is 0 Å². The molecule has 1 fully saturated rings. The topological polar surface area (TPSA) is 38.8 Å². The largest absolute Gasteiger partial charge is 0.497 e. The number of halogens is 1. The molecule has 0 bridgehead atoms. The van der Waals surface area contributed by atoms with E-state index in [0.29, 0.717) is 13.2 Å².